The zero-order valence-electron chi connectivity index (χ0n) is 11.9. The van der Waals surface area contributed by atoms with E-state index < -0.39 is 10.1 Å². The molecule has 110 valence electrons. The minimum absolute atomic E-state index is 0.102. The van der Waals surface area contributed by atoms with Crippen LogP contribution in [0.3, 0.4) is 0 Å². The van der Waals surface area contributed by atoms with Crippen molar-refractivity contribution in [3.63, 3.8) is 0 Å². The molecule has 0 saturated carbocycles. The average molecular weight is 287 g/mol. The summed E-state index contributed by atoms with van der Waals surface area (Å²) in [6.45, 7) is 5.32. The molecule has 0 aliphatic rings. The molecule has 1 aromatic heterocycles. The predicted molar refractivity (Wildman–Crippen MR) is 78.0 cm³/mol. The van der Waals surface area contributed by atoms with E-state index in [0.717, 1.165) is 32.2 Å². The topological polar surface area (TPSA) is 59.3 Å². The van der Waals surface area contributed by atoms with Crippen LogP contribution in [0.4, 0.5) is 0 Å². The average Bonchev–Trinajstić information content (AvgIpc) is 2.62. The molecule has 19 heavy (non-hydrogen) atoms. The van der Waals surface area contributed by atoms with Crippen LogP contribution in [0.1, 0.15) is 49.9 Å². The highest BCUT2D eigenvalue weighted by atomic mass is 32.2. The summed E-state index contributed by atoms with van der Waals surface area (Å²) in [6, 6.07) is 4.29. The molecule has 1 heterocycles. The predicted octanol–water partition coefficient (Wildman–Crippen LogP) is 3.33. The van der Waals surface area contributed by atoms with Crippen molar-refractivity contribution in [3.05, 3.63) is 23.5 Å². The van der Waals surface area contributed by atoms with Crippen molar-refractivity contribution in [1.82, 2.24) is 4.57 Å². The lowest BCUT2D eigenvalue weighted by atomic mass is 10.1. The van der Waals surface area contributed by atoms with Crippen molar-refractivity contribution in [2.75, 3.05) is 5.75 Å². The molecular formula is C14H25NO3S. The van der Waals surface area contributed by atoms with Crippen LogP contribution in [0, 0.1) is 13.8 Å². The third-order valence-corrected chi connectivity index (χ3v) is 4.26. The molecule has 0 saturated heterocycles. The van der Waals surface area contributed by atoms with Crippen LogP contribution in [0.25, 0.3) is 0 Å². The number of rotatable bonds is 9. The Morgan fingerprint density at radius 3 is 1.95 bits per heavy atom. The van der Waals surface area contributed by atoms with Gasteiger partial charge in [-0.15, -0.1) is 0 Å². The van der Waals surface area contributed by atoms with Gasteiger partial charge in [-0.25, -0.2) is 0 Å². The maximum atomic E-state index is 10.5. The minimum Gasteiger partial charge on any atom is -0.349 e. The number of aromatic nitrogens is 1. The first-order valence-corrected chi connectivity index (χ1v) is 8.59. The lowest BCUT2D eigenvalue weighted by Gasteiger charge is -2.08. The van der Waals surface area contributed by atoms with Crippen molar-refractivity contribution in [1.29, 1.82) is 0 Å². The Hall–Kier alpha value is -0.810. The van der Waals surface area contributed by atoms with Gasteiger partial charge in [-0.3, -0.25) is 4.55 Å². The summed E-state index contributed by atoms with van der Waals surface area (Å²) in [5.74, 6) is -0.102. The summed E-state index contributed by atoms with van der Waals surface area (Å²) in [4.78, 5) is 0. The molecule has 0 atom stereocenters. The highest BCUT2D eigenvalue weighted by Gasteiger charge is 2.03. The van der Waals surface area contributed by atoms with Crippen molar-refractivity contribution in [2.45, 2.75) is 58.9 Å². The Balaban J connectivity index is 2.03. The van der Waals surface area contributed by atoms with Crippen LogP contribution in [0.5, 0.6) is 0 Å². The number of hydrogen-bond donors (Lipinski definition) is 1. The molecule has 4 nitrogen and oxygen atoms in total. The zero-order valence-corrected chi connectivity index (χ0v) is 12.7. The first-order chi connectivity index (χ1) is 8.90. The normalized spacial score (nSPS) is 11.9. The van der Waals surface area contributed by atoms with Gasteiger partial charge in [0.05, 0.1) is 5.75 Å². The second-order valence-corrected chi connectivity index (χ2v) is 6.75. The Morgan fingerprint density at radius 2 is 1.42 bits per heavy atom. The Morgan fingerprint density at radius 1 is 0.947 bits per heavy atom. The molecule has 0 aliphatic carbocycles. The summed E-state index contributed by atoms with van der Waals surface area (Å²) in [7, 11) is -3.76. The highest BCUT2D eigenvalue weighted by molar-refractivity contribution is 7.85. The van der Waals surface area contributed by atoms with Gasteiger partial charge < -0.3 is 4.57 Å². The summed E-state index contributed by atoms with van der Waals surface area (Å²) >= 11 is 0. The Kier molecular flexibility index (Phi) is 6.58. The van der Waals surface area contributed by atoms with E-state index in [9.17, 15) is 8.42 Å². The summed E-state index contributed by atoms with van der Waals surface area (Å²) in [5, 5.41) is 0. The first kappa shape index (κ1) is 16.2. The van der Waals surface area contributed by atoms with E-state index in [4.69, 9.17) is 4.55 Å². The Labute approximate surface area is 116 Å². The summed E-state index contributed by atoms with van der Waals surface area (Å²) in [6.07, 6.45) is 5.94. The summed E-state index contributed by atoms with van der Waals surface area (Å²) < 4.78 is 31.9. The number of nitrogens with zero attached hydrogens (tertiary/aromatic N) is 1. The van der Waals surface area contributed by atoms with E-state index >= 15 is 0 Å². The smallest absolute Gasteiger partial charge is 0.264 e. The molecule has 5 heteroatoms. The molecule has 0 spiro atoms. The molecule has 0 aliphatic heterocycles. The van der Waals surface area contributed by atoms with E-state index in [1.165, 1.54) is 17.8 Å². The molecule has 0 fully saturated rings. The highest BCUT2D eigenvalue weighted by Crippen LogP contribution is 2.11. The van der Waals surface area contributed by atoms with E-state index in [0.29, 0.717) is 6.42 Å². The third-order valence-electron chi connectivity index (χ3n) is 3.45. The molecule has 0 amide bonds. The van der Waals surface area contributed by atoms with Gasteiger partial charge in [0.1, 0.15) is 0 Å². The lowest BCUT2D eigenvalue weighted by Crippen LogP contribution is -2.03. The van der Waals surface area contributed by atoms with Gasteiger partial charge in [-0.2, -0.15) is 8.42 Å². The van der Waals surface area contributed by atoms with Crippen molar-refractivity contribution < 1.29 is 13.0 Å². The quantitative estimate of drug-likeness (QED) is 0.560. The number of aryl methyl sites for hydroxylation is 2. The fourth-order valence-corrected chi connectivity index (χ4v) is 2.88. The maximum absolute atomic E-state index is 10.5. The monoisotopic (exact) mass is 287 g/mol. The second-order valence-electron chi connectivity index (χ2n) is 5.18. The van der Waals surface area contributed by atoms with Gasteiger partial charge in [0.2, 0.25) is 0 Å². The lowest BCUT2D eigenvalue weighted by molar-refractivity contribution is 0.478. The molecule has 0 bridgehead atoms. The van der Waals surface area contributed by atoms with E-state index in [2.05, 4.69) is 30.5 Å². The maximum Gasteiger partial charge on any atom is 0.264 e. The molecule has 1 aromatic rings. The molecule has 0 aromatic carbocycles. The van der Waals surface area contributed by atoms with Gasteiger partial charge in [0, 0.05) is 17.9 Å². The van der Waals surface area contributed by atoms with Crippen molar-refractivity contribution in [2.24, 2.45) is 0 Å². The molecule has 0 radical (unpaired) electrons. The van der Waals surface area contributed by atoms with E-state index in [-0.39, 0.29) is 5.75 Å². The van der Waals surface area contributed by atoms with Gasteiger partial charge in [0.15, 0.2) is 0 Å². The van der Waals surface area contributed by atoms with E-state index in [1.54, 1.807) is 0 Å². The van der Waals surface area contributed by atoms with Crippen LogP contribution >= 0.6 is 0 Å². The molecule has 0 unspecified atom stereocenters. The van der Waals surface area contributed by atoms with Gasteiger partial charge in [-0.1, -0.05) is 25.7 Å². The van der Waals surface area contributed by atoms with Crippen molar-refractivity contribution >= 4 is 10.1 Å². The van der Waals surface area contributed by atoms with Gasteiger partial charge in [0.25, 0.3) is 10.1 Å². The van der Waals surface area contributed by atoms with Crippen LogP contribution in [0.2, 0.25) is 0 Å². The Bertz CT molecular complexity index is 457. The minimum atomic E-state index is -3.76. The van der Waals surface area contributed by atoms with Crippen LogP contribution < -0.4 is 0 Å². The fourth-order valence-electron chi connectivity index (χ4n) is 2.31. The largest absolute Gasteiger partial charge is 0.349 e. The van der Waals surface area contributed by atoms with Crippen LogP contribution in [0.15, 0.2) is 12.1 Å². The zero-order chi connectivity index (χ0) is 14.3. The molecule has 1 rings (SSSR count). The van der Waals surface area contributed by atoms with Crippen molar-refractivity contribution in [3.8, 4) is 0 Å². The van der Waals surface area contributed by atoms with Gasteiger partial charge >= 0.3 is 0 Å². The van der Waals surface area contributed by atoms with Crippen LogP contribution in [-0.4, -0.2) is 23.3 Å². The second kappa shape index (κ2) is 7.70. The van der Waals surface area contributed by atoms with Gasteiger partial charge in [-0.05, 0) is 38.8 Å². The van der Waals surface area contributed by atoms with Crippen LogP contribution in [-0.2, 0) is 16.7 Å². The number of unbranched alkanes of at least 4 members (excludes halogenated alkanes) is 5. The fraction of sp³-hybridized carbons (Fsp3) is 0.714. The number of hydrogen-bond acceptors (Lipinski definition) is 2. The third kappa shape index (κ3) is 6.78. The summed E-state index contributed by atoms with van der Waals surface area (Å²) in [5.41, 5.74) is 2.62. The molecular weight excluding hydrogens is 262 g/mol. The SMILES string of the molecule is Cc1ccc(C)n1CCCCCCCCS(=O)(=O)O. The van der Waals surface area contributed by atoms with E-state index in [1.807, 2.05) is 0 Å². The molecule has 1 N–H and O–H groups in total. The standard InChI is InChI=1S/C14H25NO3S/c1-13-9-10-14(2)15(13)11-7-5-3-4-6-8-12-19(16,17)18/h9-10H,3-8,11-12H2,1-2H3,(H,16,17,18). The first-order valence-electron chi connectivity index (χ1n) is 6.98.